The summed E-state index contributed by atoms with van der Waals surface area (Å²) in [6.07, 6.45) is 2.34. The molecule has 15 heavy (non-hydrogen) atoms. The molecular formula is C11H20N2OS. The molecule has 86 valence electrons. The summed E-state index contributed by atoms with van der Waals surface area (Å²) in [5, 5.41) is 2.04. The second-order valence-corrected chi connectivity index (χ2v) is 4.71. The van der Waals surface area contributed by atoms with E-state index in [0.717, 1.165) is 12.2 Å². The molecule has 0 aromatic carbocycles. The van der Waals surface area contributed by atoms with E-state index >= 15 is 0 Å². The van der Waals surface area contributed by atoms with Crippen LogP contribution in [0.15, 0.2) is 11.4 Å². The number of nitrogens with two attached hydrogens (primary N) is 1. The van der Waals surface area contributed by atoms with Gasteiger partial charge in [0.1, 0.15) is 5.75 Å². The maximum atomic E-state index is 5.62. The minimum absolute atomic E-state index is 0.194. The van der Waals surface area contributed by atoms with Crippen LogP contribution in [0.4, 0.5) is 0 Å². The van der Waals surface area contributed by atoms with Crippen molar-refractivity contribution in [1.29, 1.82) is 0 Å². The SMILES string of the molecule is CCCC(C)C(NN)c1sccc1OC. The standard InChI is InChI=1S/C11H20N2OS/c1-4-5-8(2)10(13-12)11-9(14-3)6-7-15-11/h6-8,10,13H,4-5,12H2,1-3H3. The molecule has 3 nitrogen and oxygen atoms in total. The first-order valence-electron chi connectivity index (χ1n) is 5.32. The molecule has 0 saturated heterocycles. The number of rotatable bonds is 6. The van der Waals surface area contributed by atoms with Gasteiger partial charge in [-0.15, -0.1) is 11.3 Å². The van der Waals surface area contributed by atoms with Gasteiger partial charge in [-0.2, -0.15) is 0 Å². The Kier molecular flexibility index (Phi) is 5.08. The number of hydrazine groups is 1. The number of methoxy groups -OCH3 is 1. The monoisotopic (exact) mass is 228 g/mol. The van der Waals surface area contributed by atoms with E-state index in [1.807, 2.05) is 11.4 Å². The van der Waals surface area contributed by atoms with E-state index in [9.17, 15) is 0 Å². The van der Waals surface area contributed by atoms with Crippen LogP contribution in [0.3, 0.4) is 0 Å². The number of thiophene rings is 1. The van der Waals surface area contributed by atoms with E-state index in [0.29, 0.717) is 5.92 Å². The lowest BCUT2D eigenvalue weighted by Gasteiger charge is -2.22. The fraction of sp³-hybridized carbons (Fsp3) is 0.636. The summed E-state index contributed by atoms with van der Waals surface area (Å²) in [5.41, 5.74) is 2.89. The maximum Gasteiger partial charge on any atom is 0.134 e. The molecule has 1 aromatic rings. The molecule has 0 amide bonds. The van der Waals surface area contributed by atoms with Crippen LogP contribution < -0.4 is 16.0 Å². The van der Waals surface area contributed by atoms with Crippen molar-refractivity contribution in [2.24, 2.45) is 11.8 Å². The van der Waals surface area contributed by atoms with Crippen molar-refractivity contribution in [3.63, 3.8) is 0 Å². The summed E-state index contributed by atoms with van der Waals surface area (Å²) < 4.78 is 5.31. The molecule has 0 saturated carbocycles. The van der Waals surface area contributed by atoms with Crippen LogP contribution in [0.5, 0.6) is 5.75 Å². The average molecular weight is 228 g/mol. The third-order valence-electron chi connectivity index (χ3n) is 2.65. The number of nitrogens with one attached hydrogen (secondary N) is 1. The molecule has 4 heteroatoms. The molecule has 0 bridgehead atoms. The van der Waals surface area contributed by atoms with E-state index < -0.39 is 0 Å². The van der Waals surface area contributed by atoms with Crippen LogP contribution in [0.1, 0.15) is 37.6 Å². The minimum atomic E-state index is 0.194. The number of hydrogen-bond donors (Lipinski definition) is 2. The van der Waals surface area contributed by atoms with Gasteiger partial charge in [-0.1, -0.05) is 20.3 Å². The quantitative estimate of drug-likeness (QED) is 0.581. The lowest BCUT2D eigenvalue weighted by molar-refractivity contribution is 0.352. The van der Waals surface area contributed by atoms with E-state index in [1.165, 1.54) is 11.3 Å². The van der Waals surface area contributed by atoms with Crippen LogP contribution >= 0.6 is 11.3 Å². The highest BCUT2D eigenvalue weighted by Gasteiger charge is 2.21. The predicted octanol–water partition coefficient (Wildman–Crippen LogP) is 2.70. The highest BCUT2D eigenvalue weighted by molar-refractivity contribution is 7.10. The maximum absolute atomic E-state index is 5.62. The fourth-order valence-electron chi connectivity index (χ4n) is 1.82. The third kappa shape index (κ3) is 2.93. The van der Waals surface area contributed by atoms with E-state index in [1.54, 1.807) is 18.4 Å². The van der Waals surface area contributed by atoms with Gasteiger partial charge < -0.3 is 4.74 Å². The van der Waals surface area contributed by atoms with Gasteiger partial charge in [-0.25, -0.2) is 0 Å². The van der Waals surface area contributed by atoms with Crippen molar-refractivity contribution >= 4 is 11.3 Å². The lowest BCUT2D eigenvalue weighted by atomic mass is 9.96. The first kappa shape index (κ1) is 12.5. The van der Waals surface area contributed by atoms with Crippen LogP contribution in [-0.4, -0.2) is 7.11 Å². The Morgan fingerprint density at radius 3 is 2.87 bits per heavy atom. The molecule has 0 aliphatic rings. The number of hydrogen-bond acceptors (Lipinski definition) is 4. The summed E-state index contributed by atoms with van der Waals surface area (Å²) in [6, 6.07) is 2.18. The Morgan fingerprint density at radius 1 is 1.60 bits per heavy atom. The van der Waals surface area contributed by atoms with Gasteiger partial charge in [-0.05, 0) is 23.8 Å². The second kappa shape index (κ2) is 6.10. The molecule has 0 aliphatic heterocycles. The summed E-state index contributed by atoms with van der Waals surface area (Å²) in [6.45, 7) is 4.41. The second-order valence-electron chi connectivity index (χ2n) is 3.76. The van der Waals surface area contributed by atoms with E-state index in [4.69, 9.17) is 10.6 Å². The topological polar surface area (TPSA) is 47.3 Å². The normalized spacial score (nSPS) is 14.9. The largest absolute Gasteiger partial charge is 0.496 e. The van der Waals surface area contributed by atoms with Crippen LogP contribution in [-0.2, 0) is 0 Å². The third-order valence-corrected chi connectivity index (χ3v) is 3.63. The van der Waals surface area contributed by atoms with Crippen molar-refractivity contribution < 1.29 is 4.74 Å². The Balaban J connectivity index is 2.81. The Labute approximate surface area is 95.6 Å². The van der Waals surface area contributed by atoms with Crippen LogP contribution in [0.25, 0.3) is 0 Å². The molecule has 0 aliphatic carbocycles. The van der Waals surface area contributed by atoms with Gasteiger partial charge >= 0.3 is 0 Å². The van der Waals surface area contributed by atoms with Crippen molar-refractivity contribution in [3.8, 4) is 5.75 Å². The summed E-state index contributed by atoms with van der Waals surface area (Å²) in [7, 11) is 1.70. The first-order valence-corrected chi connectivity index (χ1v) is 6.20. The summed E-state index contributed by atoms with van der Waals surface area (Å²) in [4.78, 5) is 1.20. The van der Waals surface area contributed by atoms with E-state index in [2.05, 4.69) is 19.3 Å². The molecule has 2 unspecified atom stereocenters. The zero-order chi connectivity index (χ0) is 11.3. The molecule has 0 spiro atoms. The van der Waals surface area contributed by atoms with Crippen LogP contribution in [0, 0.1) is 5.92 Å². The van der Waals surface area contributed by atoms with Crippen molar-refractivity contribution in [3.05, 3.63) is 16.3 Å². The molecule has 0 radical (unpaired) electrons. The molecule has 1 aromatic heterocycles. The zero-order valence-electron chi connectivity index (χ0n) is 9.62. The number of ether oxygens (including phenoxy) is 1. The molecule has 2 atom stereocenters. The Hall–Kier alpha value is -0.580. The lowest BCUT2D eigenvalue weighted by Crippen LogP contribution is -2.32. The van der Waals surface area contributed by atoms with Gasteiger partial charge in [0.15, 0.2) is 0 Å². The average Bonchev–Trinajstić information content (AvgIpc) is 2.67. The fourth-order valence-corrected chi connectivity index (χ4v) is 2.88. The minimum Gasteiger partial charge on any atom is -0.496 e. The van der Waals surface area contributed by atoms with Crippen molar-refractivity contribution in [1.82, 2.24) is 5.43 Å². The highest BCUT2D eigenvalue weighted by atomic mass is 32.1. The van der Waals surface area contributed by atoms with Gasteiger partial charge in [0.25, 0.3) is 0 Å². The van der Waals surface area contributed by atoms with Gasteiger partial charge in [0.05, 0.1) is 18.0 Å². The highest BCUT2D eigenvalue weighted by Crippen LogP contribution is 2.35. The molecule has 1 heterocycles. The molecular weight excluding hydrogens is 208 g/mol. The molecule has 0 fully saturated rings. The summed E-state index contributed by atoms with van der Waals surface area (Å²) >= 11 is 1.69. The summed E-state index contributed by atoms with van der Waals surface area (Å²) in [5.74, 6) is 7.08. The van der Waals surface area contributed by atoms with E-state index in [-0.39, 0.29) is 6.04 Å². The Morgan fingerprint density at radius 2 is 2.33 bits per heavy atom. The predicted molar refractivity (Wildman–Crippen MR) is 65.0 cm³/mol. The smallest absolute Gasteiger partial charge is 0.134 e. The van der Waals surface area contributed by atoms with Crippen molar-refractivity contribution in [2.45, 2.75) is 32.7 Å². The first-order chi connectivity index (χ1) is 7.24. The van der Waals surface area contributed by atoms with Gasteiger partial charge in [0.2, 0.25) is 0 Å². The van der Waals surface area contributed by atoms with Crippen LogP contribution in [0.2, 0.25) is 0 Å². The molecule has 1 rings (SSSR count). The molecule has 3 N–H and O–H groups in total. The van der Waals surface area contributed by atoms with Crippen molar-refractivity contribution in [2.75, 3.05) is 7.11 Å². The van der Waals surface area contributed by atoms with Gasteiger partial charge in [-0.3, -0.25) is 11.3 Å². The Bertz CT molecular complexity index is 288. The zero-order valence-corrected chi connectivity index (χ0v) is 10.4. The van der Waals surface area contributed by atoms with Gasteiger partial charge in [0, 0.05) is 0 Å².